The molecule has 4 heteroatoms. The van der Waals surface area contributed by atoms with Crippen LogP contribution in [-0.4, -0.2) is 35.3 Å². The molecule has 1 aliphatic carbocycles. The first-order chi connectivity index (χ1) is 11.4. The highest BCUT2D eigenvalue weighted by atomic mass is 16.6. The van der Waals surface area contributed by atoms with Crippen LogP contribution in [0.2, 0.25) is 0 Å². The fourth-order valence-electron chi connectivity index (χ4n) is 3.97. The lowest BCUT2D eigenvalue weighted by atomic mass is 9.91. The molecule has 1 aromatic rings. The summed E-state index contributed by atoms with van der Waals surface area (Å²) in [5, 5.41) is 0. The smallest absolute Gasteiger partial charge is 0.410 e. The van der Waals surface area contributed by atoms with Crippen molar-refractivity contribution in [3.8, 4) is 0 Å². The molecular formula is C20H29NO3. The van der Waals surface area contributed by atoms with Crippen molar-refractivity contribution in [2.45, 2.75) is 70.8 Å². The van der Waals surface area contributed by atoms with E-state index in [1.807, 2.05) is 43.9 Å². The number of hydrogen-bond acceptors (Lipinski definition) is 3. The molecule has 0 bridgehead atoms. The van der Waals surface area contributed by atoms with Crippen LogP contribution < -0.4 is 0 Å². The Balaban J connectivity index is 1.59. The van der Waals surface area contributed by atoms with Gasteiger partial charge >= 0.3 is 6.09 Å². The Morgan fingerprint density at radius 1 is 1.17 bits per heavy atom. The summed E-state index contributed by atoms with van der Waals surface area (Å²) in [6.45, 7) is 7.23. The number of fused-ring (bicyclic) bond motifs is 1. The van der Waals surface area contributed by atoms with Crippen LogP contribution in [0.5, 0.6) is 0 Å². The summed E-state index contributed by atoms with van der Waals surface area (Å²) in [4.78, 5) is 14.5. The Bertz CT molecular complexity index is 552. The van der Waals surface area contributed by atoms with Crippen LogP contribution in [0.15, 0.2) is 30.3 Å². The minimum Gasteiger partial charge on any atom is -0.444 e. The number of carbonyl (C=O) groups excluding carboxylic acids is 1. The van der Waals surface area contributed by atoms with E-state index in [0.717, 1.165) is 32.2 Å². The van der Waals surface area contributed by atoms with Crippen LogP contribution in [0.1, 0.15) is 52.0 Å². The van der Waals surface area contributed by atoms with E-state index in [9.17, 15) is 4.79 Å². The molecule has 132 valence electrons. The Hall–Kier alpha value is -1.55. The predicted molar refractivity (Wildman–Crippen MR) is 93.7 cm³/mol. The summed E-state index contributed by atoms with van der Waals surface area (Å²) < 4.78 is 11.8. The van der Waals surface area contributed by atoms with Crippen molar-refractivity contribution in [3.05, 3.63) is 35.9 Å². The molecule has 0 radical (unpaired) electrons. The quantitative estimate of drug-likeness (QED) is 0.825. The second kappa shape index (κ2) is 7.14. The molecule has 2 aliphatic rings. The number of nitrogens with zero attached hydrogens (tertiary/aromatic N) is 1. The van der Waals surface area contributed by atoms with Gasteiger partial charge in [-0.25, -0.2) is 4.79 Å². The highest BCUT2D eigenvalue weighted by Crippen LogP contribution is 2.39. The van der Waals surface area contributed by atoms with Gasteiger partial charge in [-0.2, -0.15) is 0 Å². The normalized spacial score (nSPS) is 27.0. The van der Waals surface area contributed by atoms with Crippen molar-refractivity contribution in [3.63, 3.8) is 0 Å². The van der Waals surface area contributed by atoms with Gasteiger partial charge in [-0.05, 0) is 52.0 Å². The lowest BCUT2D eigenvalue weighted by Gasteiger charge is -2.39. The van der Waals surface area contributed by atoms with E-state index in [0.29, 0.717) is 12.5 Å². The first kappa shape index (κ1) is 17.3. The summed E-state index contributed by atoms with van der Waals surface area (Å²) in [6, 6.07) is 10.6. The number of hydrogen-bond donors (Lipinski definition) is 0. The van der Waals surface area contributed by atoms with E-state index in [2.05, 4.69) is 12.1 Å². The summed E-state index contributed by atoms with van der Waals surface area (Å²) >= 11 is 0. The number of piperidine rings is 1. The van der Waals surface area contributed by atoms with Gasteiger partial charge in [0.15, 0.2) is 0 Å². The molecule has 3 rings (SSSR count). The van der Waals surface area contributed by atoms with Gasteiger partial charge in [0.25, 0.3) is 0 Å². The van der Waals surface area contributed by atoms with Crippen molar-refractivity contribution in [1.82, 2.24) is 4.90 Å². The molecule has 1 unspecified atom stereocenters. The summed E-state index contributed by atoms with van der Waals surface area (Å²) in [5.74, 6) is 0.440. The average molecular weight is 331 g/mol. The molecule has 4 nitrogen and oxygen atoms in total. The highest BCUT2D eigenvalue weighted by molar-refractivity contribution is 5.68. The molecule has 1 aliphatic heterocycles. The number of likely N-dealkylation sites (tertiary alicyclic amines) is 1. The van der Waals surface area contributed by atoms with Crippen molar-refractivity contribution in [2.24, 2.45) is 5.92 Å². The zero-order chi connectivity index (χ0) is 17.2. The Labute approximate surface area is 145 Å². The van der Waals surface area contributed by atoms with Gasteiger partial charge in [0.2, 0.25) is 0 Å². The van der Waals surface area contributed by atoms with Crippen molar-refractivity contribution >= 4 is 6.09 Å². The number of ether oxygens (including phenoxy) is 2. The fourth-order valence-corrected chi connectivity index (χ4v) is 3.97. The molecule has 1 saturated carbocycles. The maximum atomic E-state index is 12.5. The molecule has 3 atom stereocenters. The van der Waals surface area contributed by atoms with E-state index in [4.69, 9.17) is 9.47 Å². The fraction of sp³-hybridized carbons (Fsp3) is 0.650. The van der Waals surface area contributed by atoms with Crippen molar-refractivity contribution < 1.29 is 14.3 Å². The minimum absolute atomic E-state index is 0.166. The van der Waals surface area contributed by atoms with Gasteiger partial charge in [-0.15, -0.1) is 0 Å². The highest BCUT2D eigenvalue weighted by Gasteiger charge is 2.44. The van der Waals surface area contributed by atoms with E-state index in [1.54, 1.807) is 0 Å². The van der Waals surface area contributed by atoms with E-state index < -0.39 is 5.60 Å². The van der Waals surface area contributed by atoms with E-state index in [-0.39, 0.29) is 18.2 Å². The molecular weight excluding hydrogens is 302 g/mol. The molecule has 0 N–H and O–H groups in total. The first-order valence-electron chi connectivity index (χ1n) is 9.09. The monoisotopic (exact) mass is 331 g/mol. The zero-order valence-corrected chi connectivity index (χ0v) is 15.0. The van der Waals surface area contributed by atoms with Gasteiger partial charge in [-0.3, -0.25) is 0 Å². The third kappa shape index (κ3) is 4.10. The van der Waals surface area contributed by atoms with Crippen LogP contribution in [-0.2, 0) is 16.1 Å². The summed E-state index contributed by atoms with van der Waals surface area (Å²) in [7, 11) is 0. The topological polar surface area (TPSA) is 38.8 Å². The van der Waals surface area contributed by atoms with Crippen LogP contribution in [0.3, 0.4) is 0 Å². The largest absolute Gasteiger partial charge is 0.444 e. The third-order valence-corrected chi connectivity index (χ3v) is 4.99. The number of carbonyl (C=O) groups is 1. The minimum atomic E-state index is -0.439. The van der Waals surface area contributed by atoms with Crippen LogP contribution >= 0.6 is 0 Å². The Morgan fingerprint density at radius 3 is 2.62 bits per heavy atom. The second-order valence-electron chi connectivity index (χ2n) is 7.96. The first-order valence-corrected chi connectivity index (χ1v) is 9.09. The van der Waals surface area contributed by atoms with Gasteiger partial charge in [0.05, 0.1) is 12.7 Å². The number of benzene rings is 1. The summed E-state index contributed by atoms with van der Waals surface area (Å²) in [5.41, 5.74) is 0.770. The lowest BCUT2D eigenvalue weighted by molar-refractivity contribution is -0.0263. The molecule has 24 heavy (non-hydrogen) atoms. The standard InChI is InChI=1S/C20H29NO3/c1-20(2,3)24-19(22)21-13-7-10-16-17(21)11-12-18(16)23-14-15-8-5-4-6-9-15/h4-6,8-9,16-18H,7,10-14H2,1-3H3/t16-,17-,18?/m0/s1. The van der Waals surface area contributed by atoms with Crippen LogP contribution in [0, 0.1) is 5.92 Å². The van der Waals surface area contributed by atoms with Gasteiger partial charge < -0.3 is 14.4 Å². The number of amides is 1. The van der Waals surface area contributed by atoms with Gasteiger partial charge in [0.1, 0.15) is 5.60 Å². The predicted octanol–water partition coefficient (Wildman–Crippen LogP) is 4.38. The Morgan fingerprint density at radius 2 is 1.92 bits per heavy atom. The second-order valence-corrected chi connectivity index (χ2v) is 7.96. The zero-order valence-electron chi connectivity index (χ0n) is 15.0. The molecule has 1 aromatic carbocycles. The van der Waals surface area contributed by atoms with Crippen LogP contribution in [0.4, 0.5) is 4.79 Å². The van der Waals surface area contributed by atoms with Gasteiger partial charge in [0, 0.05) is 18.5 Å². The molecule has 1 heterocycles. The molecule has 0 spiro atoms. The lowest BCUT2D eigenvalue weighted by Crippen LogP contribution is -2.49. The summed E-state index contributed by atoms with van der Waals surface area (Å²) in [6.07, 6.45) is 4.31. The number of rotatable bonds is 3. The Kier molecular flexibility index (Phi) is 5.14. The van der Waals surface area contributed by atoms with Crippen molar-refractivity contribution in [2.75, 3.05) is 6.54 Å². The van der Waals surface area contributed by atoms with E-state index in [1.165, 1.54) is 5.56 Å². The third-order valence-electron chi connectivity index (χ3n) is 4.99. The van der Waals surface area contributed by atoms with E-state index >= 15 is 0 Å². The average Bonchev–Trinajstić information content (AvgIpc) is 2.95. The molecule has 2 fully saturated rings. The molecule has 1 amide bonds. The van der Waals surface area contributed by atoms with Gasteiger partial charge in [-0.1, -0.05) is 30.3 Å². The van der Waals surface area contributed by atoms with Crippen LogP contribution in [0.25, 0.3) is 0 Å². The molecule has 1 saturated heterocycles. The van der Waals surface area contributed by atoms with Crippen molar-refractivity contribution in [1.29, 1.82) is 0 Å². The molecule has 0 aromatic heterocycles. The SMILES string of the molecule is CC(C)(C)OC(=O)N1CCC[C@@H]2C(OCc3ccccc3)CC[C@@H]21. The maximum Gasteiger partial charge on any atom is 0.410 e. The maximum absolute atomic E-state index is 12.5.